The molecule has 9 heteroatoms. The summed E-state index contributed by atoms with van der Waals surface area (Å²) in [6.45, 7) is -0.477. The second-order valence-electron chi connectivity index (χ2n) is 6.23. The molecule has 0 aliphatic heterocycles. The number of fused-ring (bicyclic) bond motifs is 1. The molecule has 3 rings (SSSR count). The van der Waals surface area contributed by atoms with Gasteiger partial charge in [0.2, 0.25) is 0 Å². The molecule has 0 saturated carbocycles. The molecule has 0 bridgehead atoms. The number of carbonyl (C=O) groups excluding carboxylic acids is 1. The van der Waals surface area contributed by atoms with Crippen molar-refractivity contribution in [1.29, 1.82) is 0 Å². The van der Waals surface area contributed by atoms with Crippen molar-refractivity contribution in [3.8, 4) is 5.69 Å². The SMILES string of the molecule is CN(CCC(F)(F)F)C(=O)c1nn(-c2ccc(F)c(F)c2)c2c1CCC2. The first-order valence-electron chi connectivity index (χ1n) is 8.06. The largest absolute Gasteiger partial charge is 0.390 e. The zero-order valence-electron chi connectivity index (χ0n) is 13.9. The van der Waals surface area contributed by atoms with Crippen molar-refractivity contribution in [3.63, 3.8) is 0 Å². The maximum atomic E-state index is 13.5. The summed E-state index contributed by atoms with van der Waals surface area (Å²) in [5, 5.41) is 4.19. The van der Waals surface area contributed by atoms with Crippen molar-refractivity contribution < 1.29 is 26.7 Å². The van der Waals surface area contributed by atoms with Crippen molar-refractivity contribution >= 4 is 5.91 Å². The van der Waals surface area contributed by atoms with Crippen LogP contribution in [0.3, 0.4) is 0 Å². The van der Waals surface area contributed by atoms with Crippen LogP contribution in [0.2, 0.25) is 0 Å². The van der Waals surface area contributed by atoms with E-state index in [1.54, 1.807) is 0 Å². The van der Waals surface area contributed by atoms with Gasteiger partial charge in [-0.1, -0.05) is 0 Å². The molecule has 26 heavy (non-hydrogen) atoms. The molecule has 1 aliphatic carbocycles. The highest BCUT2D eigenvalue weighted by Gasteiger charge is 2.31. The van der Waals surface area contributed by atoms with E-state index < -0.39 is 36.7 Å². The van der Waals surface area contributed by atoms with E-state index in [4.69, 9.17) is 0 Å². The molecule has 0 N–H and O–H groups in total. The van der Waals surface area contributed by atoms with Crippen molar-refractivity contribution in [2.24, 2.45) is 0 Å². The maximum Gasteiger partial charge on any atom is 0.390 e. The van der Waals surface area contributed by atoms with E-state index in [-0.39, 0.29) is 11.4 Å². The quantitative estimate of drug-likeness (QED) is 0.767. The number of aromatic nitrogens is 2. The lowest BCUT2D eigenvalue weighted by atomic mass is 10.2. The Hall–Kier alpha value is -2.45. The molecule has 0 saturated heterocycles. The summed E-state index contributed by atoms with van der Waals surface area (Å²) in [6.07, 6.45) is -3.56. The van der Waals surface area contributed by atoms with E-state index in [1.807, 2.05) is 0 Å². The van der Waals surface area contributed by atoms with Crippen molar-refractivity contribution in [1.82, 2.24) is 14.7 Å². The Morgan fingerprint density at radius 1 is 1.23 bits per heavy atom. The van der Waals surface area contributed by atoms with Gasteiger partial charge in [-0.05, 0) is 31.4 Å². The zero-order valence-corrected chi connectivity index (χ0v) is 13.9. The number of carbonyl (C=O) groups is 1. The Kier molecular flexibility index (Phi) is 4.72. The summed E-state index contributed by atoms with van der Waals surface area (Å²) < 4.78 is 65.2. The molecular weight excluding hydrogens is 357 g/mol. The Bertz CT molecular complexity index is 844. The summed E-state index contributed by atoms with van der Waals surface area (Å²) in [6, 6.07) is 3.28. The van der Waals surface area contributed by atoms with Crippen LogP contribution in [-0.4, -0.2) is 40.4 Å². The normalized spacial score (nSPS) is 13.8. The number of rotatable bonds is 4. The molecule has 0 atom stereocenters. The second-order valence-corrected chi connectivity index (χ2v) is 6.23. The second kappa shape index (κ2) is 6.69. The monoisotopic (exact) mass is 373 g/mol. The molecule has 0 radical (unpaired) electrons. The van der Waals surface area contributed by atoms with Gasteiger partial charge in [0.1, 0.15) is 0 Å². The van der Waals surface area contributed by atoms with Gasteiger partial charge in [-0.15, -0.1) is 0 Å². The first kappa shape index (κ1) is 18.3. The van der Waals surface area contributed by atoms with Crippen LogP contribution in [0.4, 0.5) is 22.0 Å². The topological polar surface area (TPSA) is 38.1 Å². The van der Waals surface area contributed by atoms with Gasteiger partial charge in [-0.25, -0.2) is 13.5 Å². The number of amides is 1. The zero-order chi connectivity index (χ0) is 19.1. The van der Waals surface area contributed by atoms with E-state index in [2.05, 4.69) is 5.10 Å². The van der Waals surface area contributed by atoms with Crippen LogP contribution in [-0.2, 0) is 12.8 Å². The molecule has 0 unspecified atom stereocenters. The number of alkyl halides is 3. The summed E-state index contributed by atoms with van der Waals surface area (Å²) in [5.41, 5.74) is 1.67. The third kappa shape index (κ3) is 3.56. The summed E-state index contributed by atoms with van der Waals surface area (Å²) in [5.74, 6) is -2.66. The number of nitrogens with zero attached hydrogens (tertiary/aromatic N) is 3. The smallest absolute Gasteiger partial charge is 0.340 e. The highest BCUT2D eigenvalue weighted by molar-refractivity contribution is 5.94. The van der Waals surface area contributed by atoms with Gasteiger partial charge in [0.15, 0.2) is 17.3 Å². The Labute approximate surface area is 146 Å². The molecule has 140 valence electrons. The van der Waals surface area contributed by atoms with E-state index in [0.29, 0.717) is 24.1 Å². The lowest BCUT2D eigenvalue weighted by Gasteiger charge is -2.17. The number of benzene rings is 1. The van der Waals surface area contributed by atoms with E-state index >= 15 is 0 Å². The van der Waals surface area contributed by atoms with E-state index in [9.17, 15) is 26.7 Å². The fourth-order valence-corrected chi connectivity index (χ4v) is 3.02. The van der Waals surface area contributed by atoms with Crippen molar-refractivity contribution in [3.05, 3.63) is 46.8 Å². The molecule has 0 fully saturated rings. The fourth-order valence-electron chi connectivity index (χ4n) is 3.02. The lowest BCUT2D eigenvalue weighted by Crippen LogP contribution is -2.31. The van der Waals surface area contributed by atoms with Crippen molar-refractivity contribution in [2.45, 2.75) is 31.9 Å². The van der Waals surface area contributed by atoms with Crippen LogP contribution in [0.15, 0.2) is 18.2 Å². The summed E-state index contributed by atoms with van der Waals surface area (Å²) >= 11 is 0. The Morgan fingerprint density at radius 3 is 2.62 bits per heavy atom. The van der Waals surface area contributed by atoms with Gasteiger partial charge in [-0.2, -0.15) is 18.3 Å². The first-order valence-corrected chi connectivity index (χ1v) is 8.06. The minimum absolute atomic E-state index is 0.0620. The fraction of sp³-hybridized carbons (Fsp3) is 0.412. The van der Waals surface area contributed by atoms with Crippen LogP contribution in [0.5, 0.6) is 0 Å². The first-order chi connectivity index (χ1) is 12.2. The molecule has 1 aromatic carbocycles. The Morgan fingerprint density at radius 2 is 1.96 bits per heavy atom. The molecule has 1 heterocycles. The highest BCUT2D eigenvalue weighted by Crippen LogP contribution is 2.29. The van der Waals surface area contributed by atoms with Crippen LogP contribution in [0, 0.1) is 11.6 Å². The number of hydrogen-bond donors (Lipinski definition) is 0. The lowest BCUT2D eigenvalue weighted by molar-refractivity contribution is -0.136. The highest BCUT2D eigenvalue weighted by atomic mass is 19.4. The molecule has 1 amide bonds. The van der Waals surface area contributed by atoms with Crippen LogP contribution in [0.25, 0.3) is 5.69 Å². The predicted molar refractivity (Wildman–Crippen MR) is 83.1 cm³/mol. The average Bonchev–Trinajstić information content (AvgIpc) is 3.16. The summed E-state index contributed by atoms with van der Waals surface area (Å²) in [4.78, 5) is 13.5. The van der Waals surface area contributed by atoms with Gasteiger partial charge in [0, 0.05) is 30.9 Å². The van der Waals surface area contributed by atoms with Gasteiger partial charge < -0.3 is 4.90 Å². The molecule has 4 nitrogen and oxygen atoms in total. The summed E-state index contributed by atoms with van der Waals surface area (Å²) in [7, 11) is 1.28. The van der Waals surface area contributed by atoms with Gasteiger partial charge in [0.25, 0.3) is 5.91 Å². The Balaban J connectivity index is 1.92. The number of hydrogen-bond acceptors (Lipinski definition) is 2. The molecule has 0 spiro atoms. The molecule has 1 aromatic heterocycles. The van der Waals surface area contributed by atoms with Crippen LogP contribution < -0.4 is 0 Å². The van der Waals surface area contributed by atoms with Crippen LogP contribution in [0.1, 0.15) is 34.6 Å². The molecular formula is C17H16F5N3O. The predicted octanol–water partition coefficient (Wildman–Crippen LogP) is 3.66. The molecule has 2 aromatic rings. The molecule has 1 aliphatic rings. The van der Waals surface area contributed by atoms with Crippen molar-refractivity contribution in [2.75, 3.05) is 13.6 Å². The van der Waals surface area contributed by atoms with E-state index in [1.165, 1.54) is 17.8 Å². The third-order valence-corrected chi connectivity index (χ3v) is 4.36. The van der Waals surface area contributed by atoms with Gasteiger partial charge >= 0.3 is 6.18 Å². The van der Waals surface area contributed by atoms with Gasteiger partial charge in [-0.3, -0.25) is 4.79 Å². The van der Waals surface area contributed by atoms with E-state index in [0.717, 1.165) is 23.5 Å². The third-order valence-electron chi connectivity index (χ3n) is 4.36. The minimum atomic E-state index is -4.36. The number of halogens is 5. The average molecular weight is 373 g/mol. The minimum Gasteiger partial charge on any atom is -0.340 e. The van der Waals surface area contributed by atoms with Crippen LogP contribution >= 0.6 is 0 Å². The maximum absolute atomic E-state index is 13.5. The standard InChI is InChI=1S/C17H16F5N3O/c1-24(8-7-17(20,21)22)16(26)15-11-3-2-4-14(11)25(23-15)10-5-6-12(18)13(19)9-10/h5-6,9H,2-4,7-8H2,1H3. The van der Waals surface area contributed by atoms with Gasteiger partial charge in [0.05, 0.1) is 12.1 Å².